The van der Waals surface area contributed by atoms with Crippen LogP contribution in [0.25, 0.3) is 0 Å². The molecule has 1 N–H and O–H groups in total. The van der Waals surface area contributed by atoms with Gasteiger partial charge in [-0.3, -0.25) is 0 Å². The number of hydrogen-bond acceptors (Lipinski definition) is 3. The summed E-state index contributed by atoms with van der Waals surface area (Å²) >= 11 is 0. The Hall–Kier alpha value is -1.54. The van der Waals surface area contributed by atoms with E-state index in [4.69, 9.17) is 5.11 Å². The van der Waals surface area contributed by atoms with Gasteiger partial charge in [-0.2, -0.15) is 4.31 Å². The molecular formula is C11H13F2NO4S. The van der Waals surface area contributed by atoms with Gasteiger partial charge in [0, 0.05) is 7.05 Å². The zero-order valence-electron chi connectivity index (χ0n) is 10.1. The number of nitrogens with zero attached hydrogens (tertiary/aromatic N) is 1. The van der Waals surface area contributed by atoms with Crippen molar-refractivity contribution >= 4 is 16.0 Å². The lowest BCUT2D eigenvalue weighted by Crippen LogP contribution is -2.32. The number of carboxylic acids is 1. The number of aromatic carboxylic acids is 1. The summed E-state index contributed by atoms with van der Waals surface area (Å²) in [6.45, 7) is -0.866. The Morgan fingerprint density at radius 2 is 1.84 bits per heavy atom. The molecule has 1 aromatic rings. The molecule has 0 aliphatic rings. The third-order valence-electron chi connectivity index (χ3n) is 2.42. The van der Waals surface area contributed by atoms with Gasteiger partial charge in [-0.05, 0) is 17.7 Å². The number of hydrogen-bond donors (Lipinski definition) is 1. The number of rotatable bonds is 6. The molecule has 0 aliphatic heterocycles. The first kappa shape index (κ1) is 15.5. The van der Waals surface area contributed by atoms with Gasteiger partial charge in [0.25, 0.3) is 6.43 Å². The van der Waals surface area contributed by atoms with Crippen LogP contribution in [0, 0.1) is 0 Å². The molecule has 19 heavy (non-hydrogen) atoms. The van der Waals surface area contributed by atoms with Crippen LogP contribution in [0.5, 0.6) is 0 Å². The van der Waals surface area contributed by atoms with Crippen LogP contribution in [0.15, 0.2) is 24.3 Å². The van der Waals surface area contributed by atoms with E-state index in [0.717, 1.165) is 7.05 Å². The normalized spacial score (nSPS) is 12.1. The summed E-state index contributed by atoms with van der Waals surface area (Å²) in [4.78, 5) is 10.6. The molecule has 1 aromatic carbocycles. The zero-order valence-corrected chi connectivity index (χ0v) is 10.9. The standard InChI is InChI=1S/C11H13F2NO4S/c1-14(6-10(12)13)19(17,18)7-8-2-4-9(5-3-8)11(15)16/h2-5,10H,6-7H2,1H3,(H,15,16). The van der Waals surface area contributed by atoms with Crippen LogP contribution >= 0.6 is 0 Å². The van der Waals surface area contributed by atoms with Gasteiger partial charge >= 0.3 is 5.97 Å². The number of halogens is 2. The highest BCUT2D eigenvalue weighted by Crippen LogP contribution is 2.12. The van der Waals surface area contributed by atoms with Crippen LogP contribution in [0.3, 0.4) is 0 Å². The van der Waals surface area contributed by atoms with E-state index < -0.39 is 34.7 Å². The Labute approximate surface area is 109 Å². The van der Waals surface area contributed by atoms with Crippen molar-refractivity contribution in [1.82, 2.24) is 4.31 Å². The fourth-order valence-electron chi connectivity index (χ4n) is 1.37. The van der Waals surface area contributed by atoms with Crippen molar-refractivity contribution in [3.05, 3.63) is 35.4 Å². The molecule has 0 saturated carbocycles. The lowest BCUT2D eigenvalue weighted by Gasteiger charge is -2.16. The third kappa shape index (κ3) is 4.56. The molecule has 0 spiro atoms. The lowest BCUT2D eigenvalue weighted by molar-refractivity contribution is 0.0697. The molecule has 106 valence electrons. The Bertz CT molecular complexity index is 542. The van der Waals surface area contributed by atoms with Crippen molar-refractivity contribution in [1.29, 1.82) is 0 Å². The van der Waals surface area contributed by atoms with Crippen molar-refractivity contribution < 1.29 is 27.1 Å². The first-order valence-corrected chi connectivity index (χ1v) is 6.87. The Balaban J connectivity index is 2.81. The van der Waals surface area contributed by atoms with Crippen molar-refractivity contribution in [2.75, 3.05) is 13.6 Å². The summed E-state index contributed by atoms with van der Waals surface area (Å²) in [6, 6.07) is 5.22. The van der Waals surface area contributed by atoms with Gasteiger partial charge in [0.1, 0.15) is 0 Å². The minimum absolute atomic E-state index is 0.0297. The smallest absolute Gasteiger partial charge is 0.335 e. The van der Waals surface area contributed by atoms with Crippen molar-refractivity contribution in [3.63, 3.8) is 0 Å². The number of sulfonamides is 1. The van der Waals surface area contributed by atoms with Crippen molar-refractivity contribution in [3.8, 4) is 0 Å². The summed E-state index contributed by atoms with van der Waals surface area (Å²) in [5.74, 6) is -1.57. The van der Waals surface area contributed by atoms with Crippen LogP contribution in [-0.4, -0.2) is 43.8 Å². The van der Waals surface area contributed by atoms with Gasteiger partial charge < -0.3 is 5.11 Å². The highest BCUT2D eigenvalue weighted by atomic mass is 32.2. The molecule has 0 amide bonds. The van der Waals surface area contributed by atoms with E-state index in [-0.39, 0.29) is 5.56 Å². The summed E-state index contributed by atoms with van der Waals surface area (Å²) < 4.78 is 48.3. The molecule has 0 aliphatic carbocycles. The van der Waals surface area contributed by atoms with E-state index in [9.17, 15) is 22.0 Å². The first-order valence-electron chi connectivity index (χ1n) is 5.27. The van der Waals surface area contributed by atoms with Gasteiger partial charge in [0.05, 0.1) is 17.9 Å². The molecular weight excluding hydrogens is 280 g/mol. The maximum atomic E-state index is 12.1. The number of alkyl halides is 2. The first-order chi connectivity index (χ1) is 8.72. The third-order valence-corrected chi connectivity index (χ3v) is 4.22. The Kier molecular flexibility index (Phi) is 4.96. The quantitative estimate of drug-likeness (QED) is 0.860. The minimum atomic E-state index is -3.84. The maximum Gasteiger partial charge on any atom is 0.335 e. The van der Waals surface area contributed by atoms with Crippen molar-refractivity contribution in [2.45, 2.75) is 12.2 Å². The fourth-order valence-corrected chi connectivity index (χ4v) is 2.55. The molecule has 0 unspecified atom stereocenters. The van der Waals surface area contributed by atoms with Gasteiger partial charge in [-0.25, -0.2) is 22.0 Å². The summed E-state index contributed by atoms with van der Waals surface area (Å²) in [7, 11) is -2.76. The van der Waals surface area contributed by atoms with Crippen LogP contribution < -0.4 is 0 Å². The highest BCUT2D eigenvalue weighted by Gasteiger charge is 2.21. The number of carbonyl (C=O) groups is 1. The van der Waals surface area contributed by atoms with E-state index in [2.05, 4.69) is 0 Å². The monoisotopic (exact) mass is 293 g/mol. The molecule has 5 nitrogen and oxygen atoms in total. The van der Waals surface area contributed by atoms with Gasteiger partial charge in [-0.15, -0.1) is 0 Å². The van der Waals surface area contributed by atoms with Crippen LogP contribution in [0.2, 0.25) is 0 Å². The summed E-state index contributed by atoms with van der Waals surface area (Å²) in [6.07, 6.45) is -2.74. The predicted octanol–water partition coefficient (Wildman–Crippen LogP) is 1.41. The minimum Gasteiger partial charge on any atom is -0.478 e. The molecule has 0 atom stereocenters. The largest absolute Gasteiger partial charge is 0.478 e. The maximum absolute atomic E-state index is 12.1. The second kappa shape index (κ2) is 6.07. The summed E-state index contributed by atoms with van der Waals surface area (Å²) in [5.41, 5.74) is 0.369. The van der Waals surface area contributed by atoms with Gasteiger partial charge in [0.2, 0.25) is 10.0 Å². The Morgan fingerprint density at radius 1 is 1.32 bits per heavy atom. The average Bonchev–Trinajstić information content (AvgIpc) is 2.28. The van der Waals surface area contributed by atoms with Crippen LogP contribution in [-0.2, 0) is 15.8 Å². The molecule has 0 fully saturated rings. The summed E-state index contributed by atoms with van der Waals surface area (Å²) in [5, 5.41) is 8.69. The fraction of sp³-hybridized carbons (Fsp3) is 0.364. The molecule has 8 heteroatoms. The topological polar surface area (TPSA) is 74.7 Å². The molecule has 0 radical (unpaired) electrons. The second-order valence-corrected chi connectivity index (χ2v) is 6.01. The molecule has 0 saturated heterocycles. The molecule has 0 heterocycles. The molecule has 1 rings (SSSR count). The van der Waals surface area contributed by atoms with E-state index in [1.807, 2.05) is 0 Å². The van der Waals surface area contributed by atoms with Crippen LogP contribution in [0.1, 0.15) is 15.9 Å². The lowest BCUT2D eigenvalue weighted by atomic mass is 10.1. The van der Waals surface area contributed by atoms with Gasteiger partial charge in [-0.1, -0.05) is 12.1 Å². The Morgan fingerprint density at radius 3 is 2.26 bits per heavy atom. The second-order valence-electron chi connectivity index (χ2n) is 3.93. The van der Waals surface area contributed by atoms with E-state index in [0.29, 0.717) is 9.87 Å². The number of benzene rings is 1. The highest BCUT2D eigenvalue weighted by molar-refractivity contribution is 7.88. The van der Waals surface area contributed by atoms with Crippen molar-refractivity contribution in [2.24, 2.45) is 0 Å². The van der Waals surface area contributed by atoms with Gasteiger partial charge in [0.15, 0.2) is 0 Å². The van der Waals surface area contributed by atoms with Crippen LogP contribution in [0.4, 0.5) is 8.78 Å². The average molecular weight is 293 g/mol. The SMILES string of the molecule is CN(CC(F)F)S(=O)(=O)Cc1ccc(C(=O)O)cc1. The zero-order chi connectivity index (χ0) is 14.6. The predicted molar refractivity (Wildman–Crippen MR) is 64.7 cm³/mol. The van der Waals surface area contributed by atoms with E-state index in [1.54, 1.807) is 0 Å². The van der Waals surface area contributed by atoms with E-state index in [1.165, 1.54) is 24.3 Å². The molecule has 0 bridgehead atoms. The number of carboxylic acid groups (broad SMARTS) is 1. The molecule has 0 aromatic heterocycles. The van der Waals surface area contributed by atoms with E-state index >= 15 is 0 Å².